The van der Waals surface area contributed by atoms with Gasteiger partial charge in [-0.05, 0) is 6.92 Å². The van der Waals surface area contributed by atoms with E-state index in [9.17, 15) is 14.4 Å². The van der Waals surface area contributed by atoms with Gasteiger partial charge >= 0.3 is 5.69 Å². The molecular weight excluding hydrogens is 396 g/mol. The molecular formula is C15H16N12O3. The Kier molecular flexibility index (Phi) is 5.62. The molecule has 5 aromatic rings. The third-order valence-corrected chi connectivity index (χ3v) is 3.57. The van der Waals surface area contributed by atoms with E-state index in [4.69, 9.17) is 11.5 Å². The van der Waals surface area contributed by atoms with Gasteiger partial charge in [-0.1, -0.05) is 0 Å². The quantitative estimate of drug-likeness (QED) is 0.155. The normalized spacial score (nSPS) is 10.2. The summed E-state index contributed by atoms with van der Waals surface area (Å²) in [5.74, 6) is 0.511. The standard InChI is InChI=1S/C5H5N5O.C5H5N5.C5H6N2O2/c6-5-9-3-2(4(11)10-5)7-1-8-3;6-4-3-5(9-1-7-3)10-2-8-4;1-3-2-6-5(9)7-4(3)8/h1H,(H4,6,7,8,9,10,11);1-2H,(H3,6,7,8,9,10);2H,1H3,(H2,6,7,8,9). The molecule has 0 atom stereocenters. The van der Waals surface area contributed by atoms with Gasteiger partial charge in [0.2, 0.25) is 5.95 Å². The molecule has 0 aromatic carbocycles. The first kappa shape index (κ1) is 19.9. The Balaban J connectivity index is 0.000000129. The Morgan fingerprint density at radius 2 is 1.50 bits per heavy atom. The van der Waals surface area contributed by atoms with Crippen LogP contribution < -0.4 is 28.3 Å². The summed E-state index contributed by atoms with van der Waals surface area (Å²) in [5.41, 5.74) is 12.1. The van der Waals surface area contributed by atoms with E-state index in [2.05, 4.69) is 49.8 Å². The summed E-state index contributed by atoms with van der Waals surface area (Å²) in [4.78, 5) is 63.2. The minimum Gasteiger partial charge on any atom is -0.382 e. The van der Waals surface area contributed by atoms with Crippen LogP contribution in [-0.2, 0) is 0 Å². The van der Waals surface area contributed by atoms with E-state index in [-0.39, 0.29) is 17.1 Å². The molecule has 0 radical (unpaired) electrons. The van der Waals surface area contributed by atoms with Crippen LogP contribution in [0, 0.1) is 6.92 Å². The number of aryl methyl sites for hydroxylation is 1. The van der Waals surface area contributed by atoms with Crippen LogP contribution in [0.4, 0.5) is 11.8 Å². The number of aromatic amines is 5. The number of aromatic nitrogens is 10. The van der Waals surface area contributed by atoms with Gasteiger partial charge in [0.05, 0.1) is 12.7 Å². The lowest BCUT2D eigenvalue weighted by Gasteiger charge is -1.89. The zero-order chi connectivity index (χ0) is 21.7. The Morgan fingerprint density at radius 3 is 2.17 bits per heavy atom. The highest BCUT2D eigenvalue weighted by atomic mass is 16.2. The van der Waals surface area contributed by atoms with Crippen molar-refractivity contribution in [3.63, 3.8) is 0 Å². The molecule has 154 valence electrons. The van der Waals surface area contributed by atoms with E-state index in [1.165, 1.54) is 25.2 Å². The predicted octanol–water partition coefficient (Wildman–Crippen LogP) is -1.46. The second-order valence-corrected chi connectivity index (χ2v) is 5.67. The minimum atomic E-state index is -0.467. The topological polar surface area (TPSA) is 247 Å². The van der Waals surface area contributed by atoms with Crippen LogP contribution in [0.25, 0.3) is 22.3 Å². The van der Waals surface area contributed by atoms with Crippen molar-refractivity contribution in [1.29, 1.82) is 0 Å². The van der Waals surface area contributed by atoms with Gasteiger partial charge in [-0.2, -0.15) is 4.98 Å². The van der Waals surface area contributed by atoms with Gasteiger partial charge < -0.3 is 26.4 Å². The molecule has 5 aromatic heterocycles. The van der Waals surface area contributed by atoms with Crippen LogP contribution >= 0.6 is 0 Å². The molecule has 0 unspecified atom stereocenters. The van der Waals surface area contributed by atoms with Crippen molar-refractivity contribution < 1.29 is 0 Å². The van der Waals surface area contributed by atoms with Gasteiger partial charge in [-0.15, -0.1) is 0 Å². The number of anilines is 2. The lowest BCUT2D eigenvalue weighted by atomic mass is 10.4. The molecule has 0 amide bonds. The van der Waals surface area contributed by atoms with E-state index >= 15 is 0 Å². The second kappa shape index (κ2) is 8.46. The third kappa shape index (κ3) is 4.53. The third-order valence-electron chi connectivity index (χ3n) is 3.57. The highest BCUT2D eigenvalue weighted by Crippen LogP contribution is 2.09. The largest absolute Gasteiger partial charge is 0.382 e. The van der Waals surface area contributed by atoms with E-state index < -0.39 is 5.69 Å². The first-order valence-electron chi connectivity index (χ1n) is 8.22. The summed E-state index contributed by atoms with van der Waals surface area (Å²) in [6.07, 6.45) is 5.70. The Morgan fingerprint density at radius 1 is 0.800 bits per heavy atom. The zero-order valence-corrected chi connectivity index (χ0v) is 15.4. The first-order valence-corrected chi connectivity index (χ1v) is 8.22. The molecule has 0 saturated heterocycles. The maximum absolute atomic E-state index is 11.0. The number of fused-ring (bicyclic) bond motifs is 2. The molecule has 0 fully saturated rings. The van der Waals surface area contributed by atoms with Crippen molar-refractivity contribution >= 4 is 34.1 Å². The lowest BCUT2D eigenvalue weighted by Crippen LogP contribution is -2.22. The molecule has 5 rings (SSSR count). The minimum absolute atomic E-state index is 0.0783. The van der Waals surface area contributed by atoms with Crippen molar-refractivity contribution in [3.05, 3.63) is 61.9 Å². The summed E-state index contributed by atoms with van der Waals surface area (Å²) in [7, 11) is 0. The smallest absolute Gasteiger partial charge is 0.325 e. The molecule has 15 nitrogen and oxygen atoms in total. The number of imidazole rings is 2. The summed E-state index contributed by atoms with van der Waals surface area (Å²) in [6, 6.07) is 0. The van der Waals surface area contributed by atoms with Gasteiger partial charge in [0.25, 0.3) is 11.1 Å². The fourth-order valence-electron chi connectivity index (χ4n) is 2.12. The number of nitrogen functional groups attached to an aromatic ring is 2. The molecule has 15 heteroatoms. The van der Waals surface area contributed by atoms with Crippen molar-refractivity contribution in [3.8, 4) is 0 Å². The van der Waals surface area contributed by atoms with Crippen molar-refractivity contribution in [2.24, 2.45) is 0 Å². The number of nitrogens with two attached hydrogens (primary N) is 2. The molecule has 0 spiro atoms. The van der Waals surface area contributed by atoms with Crippen molar-refractivity contribution in [1.82, 2.24) is 49.8 Å². The monoisotopic (exact) mass is 412 g/mol. The molecule has 0 saturated carbocycles. The van der Waals surface area contributed by atoms with Crippen LogP contribution in [0.3, 0.4) is 0 Å². The Hall–Kier alpha value is -4.82. The van der Waals surface area contributed by atoms with Gasteiger partial charge in [0.1, 0.15) is 11.8 Å². The SMILES string of the molecule is Cc1c[nH]c(=O)[nH]c1=O.Nc1nc2nc[nH]c2c(=O)[nH]1.Nc1ncnc2nc[nH]c12. The first-order chi connectivity index (χ1) is 14.3. The van der Waals surface area contributed by atoms with E-state index in [1.807, 2.05) is 0 Å². The average molecular weight is 412 g/mol. The number of nitrogens with one attached hydrogen (secondary N) is 5. The van der Waals surface area contributed by atoms with Gasteiger partial charge in [0.15, 0.2) is 22.6 Å². The number of hydrogen-bond donors (Lipinski definition) is 7. The summed E-state index contributed by atoms with van der Waals surface area (Å²) in [6.45, 7) is 1.62. The number of rotatable bonds is 0. The van der Waals surface area contributed by atoms with E-state index in [0.29, 0.717) is 33.7 Å². The predicted molar refractivity (Wildman–Crippen MR) is 107 cm³/mol. The molecule has 0 aliphatic carbocycles. The van der Waals surface area contributed by atoms with E-state index in [1.54, 1.807) is 6.92 Å². The second-order valence-electron chi connectivity index (χ2n) is 5.67. The van der Waals surface area contributed by atoms with Crippen molar-refractivity contribution in [2.75, 3.05) is 11.5 Å². The molecule has 5 heterocycles. The number of nitrogens with zero attached hydrogens (tertiary/aromatic N) is 5. The van der Waals surface area contributed by atoms with Crippen LogP contribution in [0.5, 0.6) is 0 Å². The van der Waals surface area contributed by atoms with E-state index in [0.717, 1.165) is 0 Å². The summed E-state index contributed by atoms with van der Waals surface area (Å²) < 4.78 is 0. The van der Waals surface area contributed by atoms with Crippen molar-refractivity contribution in [2.45, 2.75) is 6.92 Å². The highest BCUT2D eigenvalue weighted by Gasteiger charge is 2.02. The number of hydrogen-bond acceptors (Lipinski definition) is 10. The Bertz CT molecular complexity index is 1460. The number of H-pyrrole nitrogens is 5. The van der Waals surface area contributed by atoms with Gasteiger partial charge in [-0.25, -0.2) is 24.7 Å². The van der Waals surface area contributed by atoms with Crippen LogP contribution in [-0.4, -0.2) is 49.8 Å². The Labute approximate surface area is 165 Å². The van der Waals surface area contributed by atoms with Gasteiger partial charge in [0, 0.05) is 11.8 Å². The maximum atomic E-state index is 11.0. The maximum Gasteiger partial charge on any atom is 0.325 e. The fourth-order valence-corrected chi connectivity index (χ4v) is 2.12. The van der Waals surface area contributed by atoms with Gasteiger partial charge in [-0.3, -0.25) is 19.6 Å². The highest BCUT2D eigenvalue weighted by molar-refractivity contribution is 5.80. The molecule has 30 heavy (non-hydrogen) atoms. The molecule has 9 N–H and O–H groups in total. The fraction of sp³-hybridized carbons (Fsp3) is 0.0667. The zero-order valence-electron chi connectivity index (χ0n) is 15.4. The summed E-state index contributed by atoms with van der Waals surface area (Å²) in [5, 5.41) is 0. The van der Waals surface area contributed by atoms with Crippen LogP contribution in [0.2, 0.25) is 0 Å². The average Bonchev–Trinajstić information content (AvgIpc) is 3.36. The summed E-state index contributed by atoms with van der Waals surface area (Å²) >= 11 is 0. The van der Waals surface area contributed by atoms with Crippen LogP contribution in [0.1, 0.15) is 5.56 Å². The van der Waals surface area contributed by atoms with Crippen LogP contribution in [0.15, 0.2) is 39.6 Å². The molecule has 0 aliphatic rings. The molecule has 0 aliphatic heterocycles. The molecule has 0 bridgehead atoms. The lowest BCUT2D eigenvalue weighted by molar-refractivity contribution is 1.01.